The van der Waals surface area contributed by atoms with Crippen molar-refractivity contribution in [2.24, 2.45) is 0 Å². The lowest BCUT2D eigenvalue weighted by atomic mass is 9.95. The zero-order valence-electron chi connectivity index (χ0n) is 20.2. The van der Waals surface area contributed by atoms with Crippen molar-refractivity contribution in [2.45, 2.75) is 23.1 Å². The number of furan rings is 1. The van der Waals surface area contributed by atoms with E-state index in [2.05, 4.69) is 34.5 Å². The molecular formula is C29H21N3O4S2. The Balaban J connectivity index is 1.34. The molecule has 0 spiro atoms. The fourth-order valence-electron chi connectivity index (χ4n) is 4.40. The fourth-order valence-corrected chi connectivity index (χ4v) is 6.22. The van der Waals surface area contributed by atoms with E-state index in [4.69, 9.17) is 4.42 Å². The van der Waals surface area contributed by atoms with Gasteiger partial charge in [-0.25, -0.2) is 0 Å². The van der Waals surface area contributed by atoms with Gasteiger partial charge < -0.3 is 9.52 Å². The third-order valence-electron chi connectivity index (χ3n) is 6.30. The van der Waals surface area contributed by atoms with E-state index in [1.54, 1.807) is 12.1 Å². The monoisotopic (exact) mass is 539 g/mol. The van der Waals surface area contributed by atoms with Crippen LogP contribution in [-0.4, -0.2) is 27.0 Å². The van der Waals surface area contributed by atoms with Crippen molar-refractivity contribution in [3.63, 3.8) is 0 Å². The highest BCUT2D eigenvalue weighted by Gasteiger charge is 2.46. The molecule has 7 nitrogen and oxygen atoms in total. The number of aromatic nitrogens is 2. The predicted molar refractivity (Wildman–Crippen MR) is 148 cm³/mol. The van der Waals surface area contributed by atoms with Gasteiger partial charge in [0.2, 0.25) is 10.9 Å². The number of rotatable bonds is 7. The van der Waals surface area contributed by atoms with E-state index in [1.165, 1.54) is 33.6 Å². The molecule has 5 aromatic rings. The first-order valence-corrected chi connectivity index (χ1v) is 13.7. The van der Waals surface area contributed by atoms with Gasteiger partial charge in [-0.3, -0.25) is 14.5 Å². The minimum Gasteiger partial charge on any atom is -0.503 e. The number of anilines is 1. The largest absolute Gasteiger partial charge is 0.503 e. The van der Waals surface area contributed by atoms with Crippen LogP contribution < -0.4 is 4.90 Å². The highest BCUT2D eigenvalue weighted by molar-refractivity contribution is 8.00. The topological polar surface area (TPSA) is 96.5 Å². The number of carbonyl (C=O) groups is 2. The molecule has 38 heavy (non-hydrogen) atoms. The molecule has 9 heteroatoms. The average molecular weight is 540 g/mol. The van der Waals surface area contributed by atoms with Gasteiger partial charge in [0.05, 0.1) is 11.6 Å². The summed E-state index contributed by atoms with van der Waals surface area (Å²) in [7, 11) is 0. The van der Waals surface area contributed by atoms with Crippen LogP contribution in [-0.2, 0) is 10.5 Å². The van der Waals surface area contributed by atoms with Gasteiger partial charge in [0.25, 0.3) is 5.91 Å². The Morgan fingerprint density at radius 3 is 2.53 bits per heavy atom. The molecular weight excluding hydrogens is 518 g/mol. The summed E-state index contributed by atoms with van der Waals surface area (Å²) in [6, 6.07) is 25.4. The second-order valence-corrected chi connectivity index (χ2v) is 11.0. The lowest BCUT2D eigenvalue weighted by molar-refractivity contribution is -0.117. The standard InChI is InChI=1S/C29H21N3O4S2/c1-17-11-13-18(14-12-17)16-37-29-31-30-28(38-29)32-24(19-7-3-2-4-8-19)23(26(34)27(32)35)25(33)22-15-20-9-5-6-10-21(20)36-22/h2-15,24,34H,16H2,1H3/t24-/m1/s1. The molecule has 1 N–H and O–H groups in total. The molecule has 1 atom stereocenters. The summed E-state index contributed by atoms with van der Waals surface area (Å²) in [6.45, 7) is 2.04. The number of hydrogen-bond donors (Lipinski definition) is 1. The first-order valence-electron chi connectivity index (χ1n) is 11.9. The Morgan fingerprint density at radius 2 is 1.76 bits per heavy atom. The zero-order chi connectivity index (χ0) is 26.2. The summed E-state index contributed by atoms with van der Waals surface area (Å²) < 4.78 is 6.46. The number of aliphatic hydroxyl groups is 1. The van der Waals surface area contributed by atoms with Crippen molar-refractivity contribution in [3.8, 4) is 0 Å². The summed E-state index contributed by atoms with van der Waals surface area (Å²) in [4.78, 5) is 28.4. The Morgan fingerprint density at radius 1 is 1.03 bits per heavy atom. The number of nitrogens with zero attached hydrogens (tertiary/aromatic N) is 3. The predicted octanol–water partition coefficient (Wildman–Crippen LogP) is 6.67. The SMILES string of the molecule is Cc1ccc(CSc2nnc(N3C(=O)C(O)=C(C(=O)c4cc5ccccc5o4)[C@H]3c3ccccc3)s2)cc1. The van der Waals surface area contributed by atoms with Crippen molar-refractivity contribution in [3.05, 3.63) is 119 Å². The van der Waals surface area contributed by atoms with E-state index >= 15 is 0 Å². The normalized spacial score (nSPS) is 15.6. The van der Waals surface area contributed by atoms with E-state index < -0.39 is 23.5 Å². The summed E-state index contributed by atoms with van der Waals surface area (Å²) >= 11 is 2.76. The molecule has 3 heterocycles. The van der Waals surface area contributed by atoms with Crippen LogP contribution in [0.2, 0.25) is 0 Å². The first kappa shape index (κ1) is 24.1. The van der Waals surface area contributed by atoms with Gasteiger partial charge in [-0.2, -0.15) is 0 Å². The van der Waals surface area contributed by atoms with Crippen LogP contribution >= 0.6 is 23.1 Å². The van der Waals surface area contributed by atoms with E-state index in [0.717, 1.165) is 10.9 Å². The van der Waals surface area contributed by atoms with Crippen LogP contribution in [0.5, 0.6) is 0 Å². The molecule has 0 bridgehead atoms. The molecule has 0 aliphatic carbocycles. The highest BCUT2D eigenvalue weighted by atomic mass is 32.2. The van der Waals surface area contributed by atoms with Gasteiger partial charge in [-0.05, 0) is 30.2 Å². The zero-order valence-corrected chi connectivity index (χ0v) is 21.8. The van der Waals surface area contributed by atoms with Crippen molar-refractivity contribution in [1.29, 1.82) is 0 Å². The van der Waals surface area contributed by atoms with E-state index in [1.807, 2.05) is 55.5 Å². The molecule has 1 amide bonds. The van der Waals surface area contributed by atoms with Gasteiger partial charge in [0.1, 0.15) is 5.58 Å². The van der Waals surface area contributed by atoms with Crippen molar-refractivity contribution >= 4 is 50.9 Å². The van der Waals surface area contributed by atoms with Crippen molar-refractivity contribution < 1.29 is 19.1 Å². The summed E-state index contributed by atoms with van der Waals surface area (Å²) in [5, 5.41) is 20.6. The molecule has 6 rings (SSSR count). The second-order valence-electron chi connectivity index (χ2n) is 8.85. The molecule has 0 radical (unpaired) electrons. The molecule has 0 saturated heterocycles. The summed E-state index contributed by atoms with van der Waals surface area (Å²) in [5.74, 6) is -1.13. The van der Waals surface area contributed by atoms with E-state index in [-0.39, 0.29) is 11.3 Å². The molecule has 0 saturated carbocycles. The van der Waals surface area contributed by atoms with Gasteiger partial charge in [-0.1, -0.05) is 101 Å². The summed E-state index contributed by atoms with van der Waals surface area (Å²) in [5.41, 5.74) is 3.50. The van der Waals surface area contributed by atoms with Crippen LogP contribution in [0.1, 0.15) is 33.3 Å². The third-order valence-corrected chi connectivity index (χ3v) is 8.43. The molecule has 188 valence electrons. The van der Waals surface area contributed by atoms with Gasteiger partial charge >= 0.3 is 0 Å². The number of aliphatic hydroxyl groups excluding tert-OH is 1. The third kappa shape index (κ3) is 4.40. The Labute approximate surface area is 226 Å². The molecule has 2 aromatic heterocycles. The van der Waals surface area contributed by atoms with Crippen molar-refractivity contribution in [2.75, 3.05) is 4.90 Å². The molecule has 3 aromatic carbocycles. The first-order chi connectivity index (χ1) is 18.5. The van der Waals surface area contributed by atoms with Crippen LogP contribution in [0.25, 0.3) is 11.0 Å². The number of benzene rings is 3. The number of thioether (sulfide) groups is 1. The lowest BCUT2D eigenvalue weighted by Crippen LogP contribution is -2.31. The smallest absolute Gasteiger partial charge is 0.296 e. The van der Waals surface area contributed by atoms with Crippen LogP contribution in [0.15, 0.2) is 105 Å². The maximum atomic E-state index is 13.7. The lowest BCUT2D eigenvalue weighted by Gasteiger charge is -2.23. The number of para-hydroxylation sites is 1. The maximum absolute atomic E-state index is 13.7. The quantitative estimate of drug-likeness (QED) is 0.140. The molecule has 0 fully saturated rings. The van der Waals surface area contributed by atoms with E-state index in [0.29, 0.717) is 26.4 Å². The number of Topliss-reactive ketones (excluding diaryl/α,β-unsaturated/α-hetero) is 1. The van der Waals surface area contributed by atoms with Crippen LogP contribution in [0, 0.1) is 6.92 Å². The van der Waals surface area contributed by atoms with Crippen molar-refractivity contribution in [1.82, 2.24) is 10.2 Å². The minimum absolute atomic E-state index is 0.0509. The number of fused-ring (bicyclic) bond motifs is 1. The molecule has 1 aliphatic heterocycles. The van der Waals surface area contributed by atoms with Gasteiger partial charge in [-0.15, -0.1) is 10.2 Å². The fraction of sp³-hybridized carbons (Fsp3) is 0.103. The number of aryl methyl sites for hydroxylation is 1. The average Bonchev–Trinajstić information content (AvgIpc) is 3.65. The maximum Gasteiger partial charge on any atom is 0.296 e. The van der Waals surface area contributed by atoms with Crippen LogP contribution in [0.3, 0.4) is 0 Å². The van der Waals surface area contributed by atoms with E-state index in [9.17, 15) is 14.7 Å². The molecule has 0 unspecified atom stereocenters. The minimum atomic E-state index is -0.882. The Hall–Kier alpha value is -4.21. The Bertz CT molecular complexity index is 1660. The van der Waals surface area contributed by atoms with Gasteiger partial charge in [0, 0.05) is 11.1 Å². The summed E-state index contributed by atoms with van der Waals surface area (Å²) in [6.07, 6.45) is 0. The number of amides is 1. The van der Waals surface area contributed by atoms with Crippen LogP contribution in [0.4, 0.5) is 5.13 Å². The highest BCUT2D eigenvalue weighted by Crippen LogP contribution is 2.44. The molecule has 1 aliphatic rings. The van der Waals surface area contributed by atoms with Gasteiger partial charge in [0.15, 0.2) is 15.9 Å². The number of ketones is 1. The Kier molecular flexibility index (Phi) is 6.30. The number of hydrogen-bond acceptors (Lipinski definition) is 8. The second kappa shape index (κ2) is 9.92. The number of carbonyl (C=O) groups excluding carboxylic acids is 2.